The normalized spacial score (nSPS) is 12.2. The Morgan fingerprint density at radius 3 is 3.00 bits per heavy atom. The van der Waals surface area contributed by atoms with Crippen LogP contribution in [0.2, 0.25) is 0 Å². The van der Waals surface area contributed by atoms with E-state index in [4.69, 9.17) is 0 Å². The molecule has 0 fully saturated rings. The Morgan fingerprint density at radius 1 is 1.50 bits per heavy atom. The van der Waals surface area contributed by atoms with Crippen LogP contribution in [0.15, 0.2) is 30.5 Å². The van der Waals surface area contributed by atoms with Gasteiger partial charge in [-0.3, -0.25) is 4.79 Å². The van der Waals surface area contributed by atoms with E-state index in [0.29, 0.717) is 12.1 Å². The molecule has 20 heavy (non-hydrogen) atoms. The van der Waals surface area contributed by atoms with Crippen LogP contribution in [0.1, 0.15) is 30.7 Å². The number of anilines is 1. The van der Waals surface area contributed by atoms with Crippen molar-refractivity contribution < 1.29 is 9.90 Å². The highest BCUT2D eigenvalue weighted by Crippen LogP contribution is 2.12. The SMILES string of the molecule is CCC(O)c1cn(CC(=O)Nc2cccc(C)c2)nn1. The van der Waals surface area contributed by atoms with Gasteiger partial charge in [-0.05, 0) is 31.0 Å². The van der Waals surface area contributed by atoms with Crippen LogP contribution in [-0.4, -0.2) is 26.0 Å². The molecule has 1 aromatic heterocycles. The van der Waals surface area contributed by atoms with Crippen molar-refractivity contribution in [2.45, 2.75) is 32.9 Å². The summed E-state index contributed by atoms with van der Waals surface area (Å²) in [6, 6.07) is 7.58. The zero-order valence-corrected chi connectivity index (χ0v) is 11.6. The lowest BCUT2D eigenvalue weighted by atomic mass is 10.2. The van der Waals surface area contributed by atoms with E-state index in [0.717, 1.165) is 11.3 Å². The molecule has 6 nitrogen and oxygen atoms in total. The Bertz CT molecular complexity index is 594. The van der Waals surface area contributed by atoms with Crippen LogP contribution in [-0.2, 0) is 11.3 Å². The van der Waals surface area contributed by atoms with Gasteiger partial charge in [0.1, 0.15) is 12.2 Å². The summed E-state index contributed by atoms with van der Waals surface area (Å²) in [7, 11) is 0. The highest BCUT2D eigenvalue weighted by molar-refractivity contribution is 5.90. The lowest BCUT2D eigenvalue weighted by Crippen LogP contribution is -2.19. The minimum atomic E-state index is -0.636. The van der Waals surface area contributed by atoms with E-state index in [1.165, 1.54) is 4.68 Å². The zero-order chi connectivity index (χ0) is 14.5. The molecule has 1 amide bonds. The quantitative estimate of drug-likeness (QED) is 0.869. The maximum absolute atomic E-state index is 11.9. The van der Waals surface area contributed by atoms with E-state index in [-0.39, 0.29) is 12.5 Å². The molecule has 1 aromatic carbocycles. The van der Waals surface area contributed by atoms with Gasteiger partial charge < -0.3 is 10.4 Å². The summed E-state index contributed by atoms with van der Waals surface area (Å²) in [5, 5.41) is 20.1. The maximum atomic E-state index is 11.9. The average Bonchev–Trinajstić information content (AvgIpc) is 2.86. The summed E-state index contributed by atoms with van der Waals surface area (Å²) in [6.45, 7) is 3.89. The van der Waals surface area contributed by atoms with E-state index in [1.807, 2.05) is 38.1 Å². The number of hydrogen-bond acceptors (Lipinski definition) is 4. The number of hydrogen-bond donors (Lipinski definition) is 2. The predicted molar refractivity (Wildman–Crippen MR) is 75.1 cm³/mol. The number of aliphatic hydroxyl groups is 1. The molecule has 1 atom stereocenters. The Labute approximate surface area is 117 Å². The summed E-state index contributed by atoms with van der Waals surface area (Å²) in [5.74, 6) is -0.182. The molecule has 2 aromatic rings. The molecule has 1 heterocycles. The van der Waals surface area contributed by atoms with Crippen LogP contribution in [0.4, 0.5) is 5.69 Å². The van der Waals surface area contributed by atoms with E-state index in [1.54, 1.807) is 6.20 Å². The maximum Gasteiger partial charge on any atom is 0.246 e. The minimum absolute atomic E-state index is 0.0668. The largest absolute Gasteiger partial charge is 0.387 e. The Hall–Kier alpha value is -2.21. The third kappa shape index (κ3) is 3.64. The van der Waals surface area contributed by atoms with Gasteiger partial charge in [-0.2, -0.15) is 0 Å². The van der Waals surface area contributed by atoms with Crippen molar-refractivity contribution in [1.29, 1.82) is 0 Å². The van der Waals surface area contributed by atoms with Gasteiger partial charge in [0.05, 0.1) is 12.3 Å². The predicted octanol–water partition coefficient (Wildman–Crippen LogP) is 1.67. The number of carbonyl (C=O) groups excluding carboxylic acids is 1. The number of carbonyl (C=O) groups is 1. The first-order chi connectivity index (χ1) is 9.58. The fourth-order valence-electron chi connectivity index (χ4n) is 1.82. The molecule has 0 radical (unpaired) electrons. The molecule has 0 aliphatic rings. The van der Waals surface area contributed by atoms with Crippen molar-refractivity contribution in [3.63, 3.8) is 0 Å². The summed E-state index contributed by atoms with van der Waals surface area (Å²) in [6.07, 6.45) is 1.52. The molecule has 0 aliphatic carbocycles. The monoisotopic (exact) mass is 274 g/mol. The first-order valence-electron chi connectivity index (χ1n) is 6.53. The Balaban J connectivity index is 1.96. The highest BCUT2D eigenvalue weighted by atomic mass is 16.3. The van der Waals surface area contributed by atoms with Crippen molar-refractivity contribution in [2.75, 3.05) is 5.32 Å². The summed E-state index contributed by atoms with van der Waals surface area (Å²) < 4.78 is 1.42. The van der Waals surface area contributed by atoms with Crippen LogP contribution < -0.4 is 5.32 Å². The zero-order valence-electron chi connectivity index (χ0n) is 11.6. The molecule has 0 spiro atoms. The smallest absolute Gasteiger partial charge is 0.246 e. The van der Waals surface area contributed by atoms with Crippen molar-refractivity contribution in [2.24, 2.45) is 0 Å². The van der Waals surface area contributed by atoms with Gasteiger partial charge >= 0.3 is 0 Å². The summed E-state index contributed by atoms with van der Waals surface area (Å²) >= 11 is 0. The molecule has 0 bridgehead atoms. The molecule has 0 saturated heterocycles. The summed E-state index contributed by atoms with van der Waals surface area (Å²) in [5.41, 5.74) is 2.32. The van der Waals surface area contributed by atoms with Crippen molar-refractivity contribution in [1.82, 2.24) is 15.0 Å². The van der Waals surface area contributed by atoms with Gasteiger partial charge in [0.15, 0.2) is 0 Å². The number of aromatic nitrogens is 3. The molecule has 1 unspecified atom stereocenters. The van der Waals surface area contributed by atoms with Crippen LogP contribution in [0.5, 0.6) is 0 Å². The van der Waals surface area contributed by atoms with Gasteiger partial charge in [0.2, 0.25) is 5.91 Å². The van der Waals surface area contributed by atoms with Gasteiger partial charge in [0, 0.05) is 5.69 Å². The van der Waals surface area contributed by atoms with Crippen LogP contribution in [0.3, 0.4) is 0 Å². The van der Waals surface area contributed by atoms with Crippen molar-refractivity contribution >= 4 is 11.6 Å². The van der Waals surface area contributed by atoms with Crippen LogP contribution in [0.25, 0.3) is 0 Å². The molecule has 2 N–H and O–H groups in total. The standard InChI is InChI=1S/C14H18N4O2/c1-3-13(19)12-8-18(17-16-12)9-14(20)15-11-6-4-5-10(2)7-11/h4-8,13,19H,3,9H2,1-2H3,(H,15,20). The van der Waals surface area contributed by atoms with E-state index in [2.05, 4.69) is 15.6 Å². The van der Waals surface area contributed by atoms with Crippen molar-refractivity contribution in [3.05, 3.63) is 41.7 Å². The van der Waals surface area contributed by atoms with Crippen LogP contribution in [0, 0.1) is 6.92 Å². The second-order valence-corrected chi connectivity index (χ2v) is 4.68. The molecular formula is C14H18N4O2. The topological polar surface area (TPSA) is 80.0 Å². The van der Waals surface area contributed by atoms with Crippen molar-refractivity contribution in [3.8, 4) is 0 Å². The van der Waals surface area contributed by atoms with Gasteiger partial charge in [-0.25, -0.2) is 4.68 Å². The number of benzene rings is 1. The van der Waals surface area contributed by atoms with Crippen LogP contribution >= 0.6 is 0 Å². The van der Waals surface area contributed by atoms with E-state index >= 15 is 0 Å². The Morgan fingerprint density at radius 2 is 2.30 bits per heavy atom. The number of aryl methyl sites for hydroxylation is 1. The third-order valence-electron chi connectivity index (χ3n) is 2.89. The van der Waals surface area contributed by atoms with E-state index < -0.39 is 6.10 Å². The Kier molecular flexibility index (Phi) is 4.47. The number of rotatable bonds is 5. The minimum Gasteiger partial charge on any atom is -0.387 e. The van der Waals surface area contributed by atoms with Gasteiger partial charge in [-0.1, -0.05) is 24.3 Å². The molecule has 6 heteroatoms. The van der Waals surface area contributed by atoms with E-state index in [9.17, 15) is 9.90 Å². The van der Waals surface area contributed by atoms with Gasteiger partial charge in [0.25, 0.3) is 0 Å². The molecule has 2 rings (SSSR count). The fraction of sp³-hybridized carbons (Fsp3) is 0.357. The number of nitrogens with one attached hydrogen (secondary N) is 1. The number of amides is 1. The lowest BCUT2D eigenvalue weighted by Gasteiger charge is -2.05. The summed E-state index contributed by atoms with van der Waals surface area (Å²) in [4.78, 5) is 11.9. The highest BCUT2D eigenvalue weighted by Gasteiger charge is 2.11. The first-order valence-corrected chi connectivity index (χ1v) is 6.53. The number of nitrogens with zero attached hydrogens (tertiary/aromatic N) is 3. The third-order valence-corrected chi connectivity index (χ3v) is 2.89. The lowest BCUT2D eigenvalue weighted by molar-refractivity contribution is -0.116. The number of aliphatic hydroxyl groups excluding tert-OH is 1. The molecule has 0 saturated carbocycles. The molecular weight excluding hydrogens is 256 g/mol. The fourth-order valence-corrected chi connectivity index (χ4v) is 1.82. The second-order valence-electron chi connectivity index (χ2n) is 4.68. The average molecular weight is 274 g/mol. The molecule has 106 valence electrons. The molecule has 0 aliphatic heterocycles. The van der Waals surface area contributed by atoms with Gasteiger partial charge in [-0.15, -0.1) is 5.10 Å². The first kappa shape index (κ1) is 14.2. The second kappa shape index (κ2) is 6.29.